The van der Waals surface area contributed by atoms with Gasteiger partial charge in [-0.1, -0.05) is 35.9 Å². The first-order valence-electron chi connectivity index (χ1n) is 10.0. The van der Waals surface area contributed by atoms with Gasteiger partial charge in [0, 0.05) is 28.7 Å². The average molecular weight is 447 g/mol. The van der Waals surface area contributed by atoms with Crippen LogP contribution in [0.4, 0.5) is 16.5 Å². The van der Waals surface area contributed by atoms with Crippen molar-refractivity contribution >= 4 is 45.4 Å². The summed E-state index contributed by atoms with van der Waals surface area (Å²) in [6.07, 6.45) is 3.58. The molecule has 0 atom stereocenters. The molecule has 31 heavy (non-hydrogen) atoms. The molecule has 7 heteroatoms. The van der Waals surface area contributed by atoms with Crippen LogP contribution in [-0.2, 0) is 6.42 Å². The lowest BCUT2D eigenvalue weighted by Crippen LogP contribution is -2.35. The van der Waals surface area contributed by atoms with Gasteiger partial charge in [-0.05, 0) is 54.8 Å². The third-order valence-corrected chi connectivity index (χ3v) is 6.22. The molecule has 1 aliphatic rings. The molecule has 2 aromatic heterocycles. The number of benzene rings is 2. The van der Waals surface area contributed by atoms with Gasteiger partial charge < -0.3 is 10.2 Å². The third kappa shape index (κ3) is 4.17. The second-order valence-corrected chi connectivity index (χ2v) is 8.55. The van der Waals surface area contributed by atoms with Crippen LogP contribution in [0, 0.1) is 0 Å². The van der Waals surface area contributed by atoms with Crippen molar-refractivity contribution in [1.29, 1.82) is 0 Å². The Bertz CT molecular complexity index is 1220. The van der Waals surface area contributed by atoms with Crippen LogP contribution in [-0.4, -0.2) is 22.4 Å². The van der Waals surface area contributed by atoms with Crippen LogP contribution in [0.25, 0.3) is 11.3 Å². The number of carbonyl (C=O) groups excluding carboxylic acids is 1. The lowest BCUT2D eigenvalue weighted by molar-refractivity contribution is 0.0985. The molecule has 0 aliphatic carbocycles. The molecule has 0 radical (unpaired) electrons. The highest BCUT2D eigenvalue weighted by Gasteiger charge is 2.24. The smallest absolute Gasteiger partial charge is 0.258 e. The maximum Gasteiger partial charge on any atom is 0.258 e. The van der Waals surface area contributed by atoms with Gasteiger partial charge in [-0.25, -0.2) is 9.97 Å². The number of hydrogen-bond acceptors (Lipinski definition) is 5. The van der Waals surface area contributed by atoms with Crippen LogP contribution < -0.4 is 10.2 Å². The van der Waals surface area contributed by atoms with E-state index in [-0.39, 0.29) is 5.91 Å². The van der Waals surface area contributed by atoms with Crippen molar-refractivity contribution in [2.24, 2.45) is 0 Å². The molecule has 1 aliphatic heterocycles. The van der Waals surface area contributed by atoms with Crippen LogP contribution in [0.15, 0.2) is 72.2 Å². The minimum absolute atomic E-state index is 0.0472. The van der Waals surface area contributed by atoms with Gasteiger partial charge in [-0.2, -0.15) is 0 Å². The average Bonchev–Trinajstić information content (AvgIpc) is 3.28. The van der Waals surface area contributed by atoms with Gasteiger partial charge in [-0.3, -0.25) is 4.79 Å². The highest BCUT2D eigenvalue weighted by molar-refractivity contribution is 7.14. The summed E-state index contributed by atoms with van der Waals surface area (Å²) < 4.78 is 0. The first-order chi connectivity index (χ1) is 15.2. The summed E-state index contributed by atoms with van der Waals surface area (Å²) in [5.41, 5.74) is 5.68. The minimum Gasteiger partial charge on any atom is -0.330 e. The number of aromatic nitrogens is 2. The number of rotatable bonds is 4. The Hall–Kier alpha value is -3.22. The van der Waals surface area contributed by atoms with E-state index in [0.717, 1.165) is 47.2 Å². The SMILES string of the molecule is O=C(c1ccccc1)N1CCCc2cc(-c3csc(Nc4ccc(Cl)nc4)n3)ccc21. The predicted octanol–water partition coefficient (Wildman–Crippen LogP) is 6.20. The van der Waals surface area contributed by atoms with Gasteiger partial charge in [0.05, 0.1) is 17.6 Å². The van der Waals surface area contributed by atoms with E-state index in [9.17, 15) is 4.79 Å². The number of aryl methyl sites for hydroxylation is 1. The second kappa shape index (κ2) is 8.49. The normalized spacial score (nSPS) is 13.0. The molecule has 0 bridgehead atoms. The van der Waals surface area contributed by atoms with E-state index in [1.54, 1.807) is 12.3 Å². The summed E-state index contributed by atoms with van der Waals surface area (Å²) in [6, 6.07) is 19.3. The van der Waals surface area contributed by atoms with E-state index < -0.39 is 0 Å². The first kappa shape index (κ1) is 19.7. The summed E-state index contributed by atoms with van der Waals surface area (Å²) in [4.78, 5) is 23.7. The zero-order valence-electron chi connectivity index (χ0n) is 16.6. The molecule has 4 aromatic rings. The Balaban J connectivity index is 1.38. The number of nitrogens with zero attached hydrogens (tertiary/aromatic N) is 3. The molecule has 5 nitrogen and oxygen atoms in total. The molecule has 1 amide bonds. The van der Waals surface area contributed by atoms with Crippen molar-refractivity contribution in [1.82, 2.24) is 9.97 Å². The topological polar surface area (TPSA) is 58.1 Å². The van der Waals surface area contributed by atoms with Gasteiger partial charge in [0.25, 0.3) is 5.91 Å². The lowest BCUT2D eigenvalue weighted by atomic mass is 9.97. The van der Waals surface area contributed by atoms with Crippen LogP contribution in [0.1, 0.15) is 22.3 Å². The maximum absolute atomic E-state index is 13.0. The largest absolute Gasteiger partial charge is 0.330 e. The number of carbonyl (C=O) groups is 1. The van der Waals surface area contributed by atoms with Crippen LogP contribution in [0.2, 0.25) is 5.15 Å². The number of amides is 1. The second-order valence-electron chi connectivity index (χ2n) is 7.30. The zero-order chi connectivity index (χ0) is 21.2. The molecule has 0 saturated heterocycles. The Morgan fingerprint density at radius 3 is 2.77 bits per heavy atom. The van der Waals surface area contributed by atoms with Crippen molar-refractivity contribution in [3.8, 4) is 11.3 Å². The molecule has 2 aromatic carbocycles. The standard InChI is InChI=1S/C24H19ClN4OS/c25-22-11-9-19(14-26-22)27-24-28-20(15-31-24)17-8-10-21-18(13-17)7-4-12-29(21)23(30)16-5-2-1-3-6-16/h1-3,5-6,8-11,13-15H,4,7,12H2,(H,27,28). The van der Waals surface area contributed by atoms with Gasteiger partial charge in [0.15, 0.2) is 5.13 Å². The van der Waals surface area contributed by atoms with Crippen molar-refractivity contribution in [2.45, 2.75) is 12.8 Å². The molecule has 0 unspecified atom stereocenters. The first-order valence-corrected chi connectivity index (χ1v) is 11.3. The van der Waals surface area contributed by atoms with Crippen molar-refractivity contribution in [2.75, 3.05) is 16.8 Å². The van der Waals surface area contributed by atoms with E-state index in [1.165, 1.54) is 16.9 Å². The number of hydrogen-bond donors (Lipinski definition) is 1. The van der Waals surface area contributed by atoms with E-state index in [0.29, 0.717) is 10.7 Å². The quantitative estimate of drug-likeness (QED) is 0.379. The molecule has 5 rings (SSSR count). The zero-order valence-corrected chi connectivity index (χ0v) is 18.2. The Kier molecular flexibility index (Phi) is 5.40. The van der Waals surface area contributed by atoms with Crippen molar-refractivity contribution < 1.29 is 4.79 Å². The number of thiazole rings is 1. The number of fused-ring (bicyclic) bond motifs is 1. The fourth-order valence-electron chi connectivity index (χ4n) is 3.74. The molecule has 1 N–H and O–H groups in total. The molecular formula is C24H19ClN4OS. The predicted molar refractivity (Wildman–Crippen MR) is 127 cm³/mol. The minimum atomic E-state index is 0.0472. The molecular weight excluding hydrogens is 428 g/mol. The summed E-state index contributed by atoms with van der Waals surface area (Å²) >= 11 is 7.38. The summed E-state index contributed by atoms with van der Waals surface area (Å²) in [7, 11) is 0. The Morgan fingerprint density at radius 2 is 1.97 bits per heavy atom. The molecule has 0 saturated carbocycles. The van der Waals surface area contributed by atoms with E-state index in [1.807, 2.05) is 58.8 Å². The summed E-state index contributed by atoms with van der Waals surface area (Å²) in [5, 5.41) is 6.54. The van der Waals surface area contributed by atoms with E-state index in [2.05, 4.69) is 16.4 Å². The number of halogens is 1. The number of anilines is 3. The maximum atomic E-state index is 13.0. The van der Waals surface area contributed by atoms with Gasteiger partial charge in [0.1, 0.15) is 5.15 Å². The van der Waals surface area contributed by atoms with Crippen LogP contribution >= 0.6 is 22.9 Å². The van der Waals surface area contributed by atoms with Crippen LogP contribution in [0.3, 0.4) is 0 Å². The van der Waals surface area contributed by atoms with Gasteiger partial charge >= 0.3 is 0 Å². The highest BCUT2D eigenvalue weighted by atomic mass is 35.5. The third-order valence-electron chi connectivity index (χ3n) is 5.24. The monoisotopic (exact) mass is 446 g/mol. The lowest BCUT2D eigenvalue weighted by Gasteiger charge is -2.30. The highest BCUT2D eigenvalue weighted by Crippen LogP contribution is 2.34. The fourth-order valence-corrected chi connectivity index (χ4v) is 4.59. The molecule has 0 spiro atoms. The summed E-state index contributed by atoms with van der Waals surface area (Å²) in [5.74, 6) is 0.0472. The van der Waals surface area contributed by atoms with E-state index in [4.69, 9.17) is 16.6 Å². The Morgan fingerprint density at radius 1 is 1.10 bits per heavy atom. The molecule has 0 fully saturated rings. The molecule has 154 valence electrons. The fraction of sp³-hybridized carbons (Fsp3) is 0.125. The van der Waals surface area contributed by atoms with Crippen molar-refractivity contribution in [3.63, 3.8) is 0 Å². The number of nitrogens with one attached hydrogen (secondary N) is 1. The van der Waals surface area contributed by atoms with Crippen molar-refractivity contribution in [3.05, 3.63) is 88.5 Å². The summed E-state index contributed by atoms with van der Waals surface area (Å²) in [6.45, 7) is 0.736. The van der Waals surface area contributed by atoms with Gasteiger partial charge in [-0.15, -0.1) is 11.3 Å². The molecule has 3 heterocycles. The number of pyridine rings is 1. The Labute approximate surface area is 189 Å². The van der Waals surface area contributed by atoms with E-state index >= 15 is 0 Å². The van der Waals surface area contributed by atoms with Crippen LogP contribution in [0.5, 0.6) is 0 Å². The van der Waals surface area contributed by atoms with Gasteiger partial charge in [0.2, 0.25) is 0 Å².